The highest BCUT2D eigenvalue weighted by molar-refractivity contribution is 7.88. The Hall–Kier alpha value is -1.12. The van der Waals surface area contributed by atoms with Crippen molar-refractivity contribution in [2.45, 2.75) is 19.1 Å². The lowest BCUT2D eigenvalue weighted by atomic mass is 10.1. The molecule has 1 rings (SSSR count). The summed E-state index contributed by atoms with van der Waals surface area (Å²) in [6, 6.07) is 5.10. The Bertz CT molecular complexity index is 530. The SMILES string of the molecule is CS(=O)(=O)NCCCNCc1cccc(C(F)(F)F)c1. The fraction of sp³-hybridized carbons (Fsp3) is 0.500. The van der Waals surface area contributed by atoms with E-state index in [1.54, 1.807) is 6.07 Å². The average molecular weight is 310 g/mol. The Morgan fingerprint density at radius 1 is 1.20 bits per heavy atom. The molecule has 0 amide bonds. The van der Waals surface area contributed by atoms with Crippen LogP contribution in [0.1, 0.15) is 17.5 Å². The maximum atomic E-state index is 12.5. The van der Waals surface area contributed by atoms with Gasteiger partial charge in [-0.1, -0.05) is 18.2 Å². The first-order valence-corrected chi connectivity index (χ1v) is 7.89. The van der Waals surface area contributed by atoms with Crippen molar-refractivity contribution in [1.82, 2.24) is 10.0 Å². The average Bonchev–Trinajstić information content (AvgIpc) is 2.31. The van der Waals surface area contributed by atoms with Gasteiger partial charge in [0.2, 0.25) is 10.0 Å². The highest BCUT2D eigenvalue weighted by Crippen LogP contribution is 2.29. The van der Waals surface area contributed by atoms with Crippen LogP contribution in [0.15, 0.2) is 24.3 Å². The number of alkyl halides is 3. The van der Waals surface area contributed by atoms with Gasteiger partial charge in [0.15, 0.2) is 0 Å². The predicted molar refractivity (Wildman–Crippen MR) is 70.6 cm³/mol. The van der Waals surface area contributed by atoms with E-state index < -0.39 is 21.8 Å². The molecule has 2 N–H and O–H groups in total. The van der Waals surface area contributed by atoms with E-state index in [4.69, 9.17) is 0 Å². The van der Waals surface area contributed by atoms with Crippen LogP contribution in [0, 0.1) is 0 Å². The number of sulfonamides is 1. The molecular formula is C12H17F3N2O2S. The van der Waals surface area contributed by atoms with Gasteiger partial charge in [0.25, 0.3) is 0 Å². The molecule has 1 aromatic rings. The Morgan fingerprint density at radius 2 is 1.90 bits per heavy atom. The molecular weight excluding hydrogens is 293 g/mol. The standard InChI is InChI=1S/C12H17F3N2O2S/c1-20(18,19)17-7-3-6-16-9-10-4-2-5-11(8-10)12(13,14)15/h2,4-5,8,16-17H,3,6-7,9H2,1H3. The Morgan fingerprint density at radius 3 is 2.50 bits per heavy atom. The van der Waals surface area contributed by atoms with Gasteiger partial charge in [-0.25, -0.2) is 13.1 Å². The van der Waals surface area contributed by atoms with Crippen LogP contribution in [-0.4, -0.2) is 27.8 Å². The van der Waals surface area contributed by atoms with Crippen molar-refractivity contribution in [2.24, 2.45) is 0 Å². The van der Waals surface area contributed by atoms with Crippen LogP contribution in [0.2, 0.25) is 0 Å². The van der Waals surface area contributed by atoms with Crippen LogP contribution in [0.3, 0.4) is 0 Å². The molecule has 8 heteroatoms. The van der Waals surface area contributed by atoms with Crippen LogP contribution in [-0.2, 0) is 22.7 Å². The van der Waals surface area contributed by atoms with Crippen molar-refractivity contribution in [3.8, 4) is 0 Å². The van der Waals surface area contributed by atoms with Gasteiger partial charge in [0.05, 0.1) is 11.8 Å². The first-order valence-electron chi connectivity index (χ1n) is 6.00. The van der Waals surface area contributed by atoms with Gasteiger partial charge in [-0.15, -0.1) is 0 Å². The quantitative estimate of drug-likeness (QED) is 0.754. The largest absolute Gasteiger partial charge is 0.416 e. The van der Waals surface area contributed by atoms with Crippen LogP contribution in [0.25, 0.3) is 0 Å². The van der Waals surface area contributed by atoms with Gasteiger partial charge in [-0.05, 0) is 24.6 Å². The molecule has 0 radical (unpaired) electrons. The Labute approximate surface area is 116 Å². The van der Waals surface area contributed by atoms with Gasteiger partial charge < -0.3 is 5.32 Å². The highest BCUT2D eigenvalue weighted by Gasteiger charge is 2.30. The molecule has 0 saturated carbocycles. The van der Waals surface area contributed by atoms with Gasteiger partial charge in [0.1, 0.15) is 0 Å². The molecule has 0 aliphatic heterocycles. The molecule has 0 atom stereocenters. The molecule has 0 aliphatic rings. The van der Waals surface area contributed by atoms with E-state index in [9.17, 15) is 21.6 Å². The lowest BCUT2D eigenvalue weighted by Crippen LogP contribution is -2.26. The highest BCUT2D eigenvalue weighted by atomic mass is 32.2. The van der Waals surface area contributed by atoms with Gasteiger partial charge in [0, 0.05) is 13.1 Å². The molecule has 0 aromatic heterocycles. The molecule has 0 heterocycles. The number of nitrogens with one attached hydrogen (secondary N) is 2. The topological polar surface area (TPSA) is 58.2 Å². The van der Waals surface area contributed by atoms with Crippen LogP contribution in [0.5, 0.6) is 0 Å². The van der Waals surface area contributed by atoms with Crippen molar-refractivity contribution in [2.75, 3.05) is 19.3 Å². The van der Waals surface area contributed by atoms with E-state index in [0.717, 1.165) is 18.4 Å². The number of hydrogen-bond donors (Lipinski definition) is 2. The van der Waals surface area contributed by atoms with E-state index in [1.807, 2.05) is 0 Å². The summed E-state index contributed by atoms with van der Waals surface area (Å²) in [5.41, 5.74) is -0.133. The normalized spacial score (nSPS) is 12.6. The molecule has 0 unspecified atom stereocenters. The molecule has 1 aromatic carbocycles. The third kappa shape index (κ3) is 6.88. The van der Waals surface area contributed by atoms with Crippen molar-refractivity contribution in [1.29, 1.82) is 0 Å². The third-order valence-electron chi connectivity index (χ3n) is 2.48. The second-order valence-electron chi connectivity index (χ2n) is 4.39. The van der Waals surface area contributed by atoms with Crippen LogP contribution in [0.4, 0.5) is 13.2 Å². The number of rotatable bonds is 7. The fourth-order valence-corrected chi connectivity index (χ4v) is 2.08. The minimum atomic E-state index is -4.34. The third-order valence-corrected chi connectivity index (χ3v) is 3.21. The zero-order chi connectivity index (χ0) is 15.2. The molecule has 0 bridgehead atoms. The van der Waals surface area contributed by atoms with Gasteiger partial charge in [-0.3, -0.25) is 0 Å². The Kier molecular flexibility index (Phi) is 5.97. The summed E-state index contributed by atoms with van der Waals surface area (Å²) in [7, 11) is -3.19. The van der Waals surface area contributed by atoms with Crippen molar-refractivity contribution in [3.05, 3.63) is 35.4 Å². The van der Waals surface area contributed by atoms with E-state index in [2.05, 4.69) is 10.0 Å². The maximum Gasteiger partial charge on any atom is 0.416 e. The smallest absolute Gasteiger partial charge is 0.313 e. The fourth-order valence-electron chi connectivity index (χ4n) is 1.56. The predicted octanol–water partition coefficient (Wildman–Crippen LogP) is 1.73. The number of hydrogen-bond acceptors (Lipinski definition) is 3. The lowest BCUT2D eigenvalue weighted by Gasteiger charge is -2.09. The summed E-state index contributed by atoms with van der Waals surface area (Å²) >= 11 is 0. The van der Waals surface area contributed by atoms with Crippen LogP contribution >= 0.6 is 0 Å². The van der Waals surface area contributed by atoms with Crippen molar-refractivity contribution < 1.29 is 21.6 Å². The summed E-state index contributed by atoms with van der Waals surface area (Å²) < 4.78 is 61.3. The lowest BCUT2D eigenvalue weighted by molar-refractivity contribution is -0.137. The van der Waals surface area contributed by atoms with Crippen LogP contribution < -0.4 is 10.0 Å². The second kappa shape index (κ2) is 7.05. The zero-order valence-corrected chi connectivity index (χ0v) is 11.8. The van der Waals surface area contributed by atoms with Crippen molar-refractivity contribution >= 4 is 10.0 Å². The van der Waals surface area contributed by atoms with E-state index in [-0.39, 0.29) is 0 Å². The van der Waals surface area contributed by atoms with E-state index >= 15 is 0 Å². The summed E-state index contributed by atoms with van der Waals surface area (Å²) in [4.78, 5) is 0. The monoisotopic (exact) mass is 310 g/mol. The Balaban J connectivity index is 2.32. The molecule has 0 aliphatic carbocycles. The molecule has 0 saturated heterocycles. The first-order chi connectivity index (χ1) is 9.18. The maximum absolute atomic E-state index is 12.5. The van der Waals surface area contributed by atoms with E-state index in [1.165, 1.54) is 6.07 Å². The number of benzene rings is 1. The molecule has 20 heavy (non-hydrogen) atoms. The first kappa shape index (κ1) is 16.9. The van der Waals surface area contributed by atoms with Crippen molar-refractivity contribution in [3.63, 3.8) is 0 Å². The minimum Gasteiger partial charge on any atom is -0.313 e. The summed E-state index contributed by atoms with van der Waals surface area (Å²) in [5.74, 6) is 0. The summed E-state index contributed by atoms with van der Waals surface area (Å²) in [6.07, 6.45) is -2.70. The molecule has 114 valence electrons. The number of halogens is 3. The summed E-state index contributed by atoms with van der Waals surface area (Å²) in [5, 5.41) is 2.96. The molecule has 4 nitrogen and oxygen atoms in total. The zero-order valence-electron chi connectivity index (χ0n) is 11.0. The molecule has 0 spiro atoms. The van der Waals surface area contributed by atoms with Gasteiger partial charge >= 0.3 is 6.18 Å². The second-order valence-corrected chi connectivity index (χ2v) is 6.23. The minimum absolute atomic E-state index is 0.300. The van der Waals surface area contributed by atoms with E-state index in [0.29, 0.717) is 31.6 Å². The van der Waals surface area contributed by atoms with Gasteiger partial charge in [-0.2, -0.15) is 13.2 Å². The molecule has 0 fully saturated rings. The summed E-state index contributed by atoms with van der Waals surface area (Å²) in [6.45, 7) is 1.12.